The Kier molecular flexibility index (Phi) is 3.84. The van der Waals surface area contributed by atoms with Gasteiger partial charge in [0, 0.05) is 22.5 Å². The summed E-state index contributed by atoms with van der Waals surface area (Å²) in [6, 6.07) is 11.6. The quantitative estimate of drug-likeness (QED) is 0.566. The topological polar surface area (TPSA) is 54.9 Å². The number of carbonyl (C=O) groups is 1. The third-order valence-corrected chi connectivity index (χ3v) is 5.56. The normalized spacial score (nSPS) is 10.9. The Hall–Kier alpha value is -2.57. The zero-order valence-corrected chi connectivity index (χ0v) is 14.4. The molecule has 0 saturated heterocycles. The number of anilines is 1. The van der Waals surface area contributed by atoms with E-state index in [1.807, 2.05) is 54.1 Å². The number of fused-ring (bicyclic) bond motifs is 1. The molecule has 1 amide bonds. The number of hydrogen-bond acceptors (Lipinski definition) is 5. The molecule has 0 spiro atoms. The first-order valence-electron chi connectivity index (χ1n) is 7.37. The summed E-state index contributed by atoms with van der Waals surface area (Å²) in [6.07, 6.45) is 1.70. The van der Waals surface area contributed by atoms with Gasteiger partial charge in [0.1, 0.15) is 9.88 Å². The Morgan fingerprint density at radius 3 is 2.88 bits per heavy atom. The lowest BCUT2D eigenvalue weighted by Crippen LogP contribution is -2.12. The van der Waals surface area contributed by atoms with Crippen molar-refractivity contribution < 1.29 is 4.79 Å². The minimum Gasteiger partial charge on any atom is -0.321 e. The first kappa shape index (κ1) is 15.0. The van der Waals surface area contributed by atoms with Gasteiger partial charge in [-0.2, -0.15) is 11.3 Å². The maximum Gasteiger partial charge on any atom is 0.267 e. The van der Waals surface area contributed by atoms with Crippen LogP contribution in [0.4, 0.5) is 5.69 Å². The Bertz CT molecular complexity index is 1020. The lowest BCUT2D eigenvalue weighted by atomic mass is 10.2. The molecule has 4 aromatic rings. The number of benzene rings is 1. The molecule has 0 aliphatic carbocycles. The molecule has 1 aromatic carbocycles. The van der Waals surface area contributed by atoms with Crippen LogP contribution in [0.5, 0.6) is 0 Å². The average molecular weight is 351 g/mol. The fourth-order valence-electron chi connectivity index (χ4n) is 2.50. The van der Waals surface area contributed by atoms with Crippen molar-refractivity contribution in [2.75, 3.05) is 5.32 Å². The predicted octanol–water partition coefficient (Wildman–Crippen LogP) is 4.98. The molecule has 0 bridgehead atoms. The van der Waals surface area contributed by atoms with Crippen LogP contribution >= 0.6 is 22.7 Å². The number of amides is 1. The molecule has 24 heavy (non-hydrogen) atoms. The second kappa shape index (κ2) is 6.14. The van der Waals surface area contributed by atoms with Crippen molar-refractivity contribution in [3.63, 3.8) is 0 Å². The lowest BCUT2D eigenvalue weighted by Gasteiger charge is -2.07. The number of hydrogen-bond donors (Lipinski definition) is 1. The smallest absolute Gasteiger partial charge is 0.267 e. The molecule has 1 N–H and O–H groups in total. The van der Waals surface area contributed by atoms with Crippen LogP contribution in [-0.4, -0.2) is 15.9 Å². The van der Waals surface area contributed by atoms with E-state index in [2.05, 4.69) is 15.3 Å². The van der Waals surface area contributed by atoms with Crippen LogP contribution in [-0.2, 0) is 0 Å². The van der Waals surface area contributed by atoms with Gasteiger partial charge in [-0.15, -0.1) is 11.3 Å². The monoisotopic (exact) mass is 351 g/mol. The van der Waals surface area contributed by atoms with E-state index in [1.54, 1.807) is 17.5 Å². The summed E-state index contributed by atoms with van der Waals surface area (Å²) in [7, 11) is 0. The van der Waals surface area contributed by atoms with Crippen molar-refractivity contribution in [2.24, 2.45) is 0 Å². The number of pyridine rings is 1. The molecule has 0 aliphatic heterocycles. The molecule has 0 unspecified atom stereocenters. The van der Waals surface area contributed by atoms with E-state index in [1.165, 1.54) is 11.3 Å². The average Bonchev–Trinajstić information content (AvgIpc) is 3.24. The van der Waals surface area contributed by atoms with E-state index in [-0.39, 0.29) is 5.91 Å². The van der Waals surface area contributed by atoms with E-state index in [0.29, 0.717) is 4.88 Å². The molecular formula is C18H13N3OS2. The first-order valence-corrected chi connectivity index (χ1v) is 9.13. The number of nitrogens with zero attached hydrogens (tertiary/aromatic N) is 2. The molecule has 4 rings (SSSR count). The van der Waals surface area contributed by atoms with Gasteiger partial charge >= 0.3 is 0 Å². The highest BCUT2D eigenvalue weighted by atomic mass is 32.1. The van der Waals surface area contributed by atoms with Crippen LogP contribution in [0, 0.1) is 6.92 Å². The van der Waals surface area contributed by atoms with Crippen LogP contribution < -0.4 is 5.32 Å². The molecule has 0 atom stereocenters. The summed E-state index contributed by atoms with van der Waals surface area (Å²) in [5.74, 6) is -0.136. The number of aryl methyl sites for hydroxylation is 1. The summed E-state index contributed by atoms with van der Waals surface area (Å²) < 4.78 is 0. The van der Waals surface area contributed by atoms with Gasteiger partial charge < -0.3 is 5.32 Å². The fraction of sp³-hybridized carbons (Fsp3) is 0.0556. The van der Waals surface area contributed by atoms with Crippen molar-refractivity contribution in [1.29, 1.82) is 0 Å². The number of carbonyl (C=O) groups excluding carboxylic acids is 1. The van der Waals surface area contributed by atoms with Crippen molar-refractivity contribution >= 4 is 45.2 Å². The summed E-state index contributed by atoms with van der Waals surface area (Å²) in [6.45, 7) is 1.87. The Morgan fingerprint density at radius 1 is 1.17 bits per heavy atom. The third-order valence-electron chi connectivity index (χ3n) is 3.67. The number of thiophene rings is 1. The number of para-hydroxylation sites is 1. The SMILES string of the molecule is Cc1nc(-c2ccsc2)sc1C(=O)Nc1ccnc2ccccc12. The summed E-state index contributed by atoms with van der Waals surface area (Å²) in [5, 5.41) is 8.84. The van der Waals surface area contributed by atoms with Crippen molar-refractivity contribution in [3.05, 3.63) is 63.9 Å². The van der Waals surface area contributed by atoms with Crippen molar-refractivity contribution in [3.8, 4) is 10.6 Å². The summed E-state index contributed by atoms with van der Waals surface area (Å²) in [4.78, 5) is 22.2. The number of thiazole rings is 1. The molecular weight excluding hydrogens is 338 g/mol. The minimum absolute atomic E-state index is 0.136. The van der Waals surface area contributed by atoms with E-state index >= 15 is 0 Å². The molecule has 3 heterocycles. The van der Waals surface area contributed by atoms with Crippen molar-refractivity contribution in [1.82, 2.24) is 9.97 Å². The van der Waals surface area contributed by atoms with Gasteiger partial charge in [-0.05, 0) is 30.5 Å². The predicted molar refractivity (Wildman–Crippen MR) is 99.9 cm³/mol. The van der Waals surface area contributed by atoms with Gasteiger partial charge in [0.25, 0.3) is 5.91 Å². The van der Waals surface area contributed by atoms with Crippen LogP contribution in [0.3, 0.4) is 0 Å². The molecule has 3 aromatic heterocycles. The van der Waals surface area contributed by atoms with E-state index in [0.717, 1.165) is 32.9 Å². The molecule has 4 nitrogen and oxygen atoms in total. The van der Waals surface area contributed by atoms with Gasteiger partial charge in [0.15, 0.2) is 0 Å². The van der Waals surface area contributed by atoms with Crippen molar-refractivity contribution in [2.45, 2.75) is 6.92 Å². The second-order valence-corrected chi connectivity index (χ2v) is 7.05. The number of aromatic nitrogens is 2. The molecule has 0 aliphatic rings. The zero-order chi connectivity index (χ0) is 16.5. The lowest BCUT2D eigenvalue weighted by molar-refractivity contribution is 0.103. The van der Waals surface area contributed by atoms with Crippen LogP contribution in [0.2, 0.25) is 0 Å². The standard InChI is InChI=1S/C18H13N3OS2/c1-11-16(24-18(20-11)12-7-9-23-10-12)17(22)21-15-6-8-19-14-5-3-2-4-13(14)15/h2-10H,1H3,(H,19,21,22). The maximum absolute atomic E-state index is 12.7. The highest BCUT2D eigenvalue weighted by Gasteiger charge is 2.17. The number of rotatable bonds is 3. The van der Waals surface area contributed by atoms with Gasteiger partial charge in [-0.1, -0.05) is 18.2 Å². The van der Waals surface area contributed by atoms with Gasteiger partial charge in [-0.3, -0.25) is 9.78 Å². The van der Waals surface area contributed by atoms with E-state index < -0.39 is 0 Å². The zero-order valence-electron chi connectivity index (χ0n) is 12.8. The molecule has 0 saturated carbocycles. The molecule has 118 valence electrons. The highest BCUT2D eigenvalue weighted by molar-refractivity contribution is 7.17. The van der Waals surface area contributed by atoms with Crippen LogP contribution in [0.1, 0.15) is 15.4 Å². The molecule has 0 radical (unpaired) electrons. The van der Waals surface area contributed by atoms with Gasteiger partial charge in [0.2, 0.25) is 0 Å². The van der Waals surface area contributed by atoms with E-state index in [9.17, 15) is 4.79 Å². The minimum atomic E-state index is -0.136. The van der Waals surface area contributed by atoms with Gasteiger partial charge in [-0.25, -0.2) is 4.98 Å². The van der Waals surface area contributed by atoms with Crippen LogP contribution in [0.15, 0.2) is 53.4 Å². The highest BCUT2D eigenvalue weighted by Crippen LogP contribution is 2.30. The Morgan fingerprint density at radius 2 is 2.04 bits per heavy atom. The summed E-state index contributed by atoms with van der Waals surface area (Å²) in [5.41, 5.74) is 3.42. The second-order valence-electron chi connectivity index (χ2n) is 5.28. The first-order chi connectivity index (χ1) is 11.7. The van der Waals surface area contributed by atoms with E-state index in [4.69, 9.17) is 0 Å². The Labute approximate surface area is 146 Å². The Balaban J connectivity index is 1.67. The third kappa shape index (κ3) is 2.70. The fourth-order valence-corrected chi connectivity index (χ4v) is 4.17. The number of nitrogens with one attached hydrogen (secondary N) is 1. The largest absolute Gasteiger partial charge is 0.321 e. The van der Waals surface area contributed by atoms with Gasteiger partial charge in [0.05, 0.1) is 16.9 Å². The molecule has 0 fully saturated rings. The molecule has 6 heteroatoms. The van der Waals surface area contributed by atoms with Crippen LogP contribution in [0.25, 0.3) is 21.5 Å². The maximum atomic E-state index is 12.7. The summed E-state index contributed by atoms with van der Waals surface area (Å²) >= 11 is 3.04.